The van der Waals surface area contributed by atoms with Gasteiger partial charge in [-0.05, 0) is 51.0 Å². The number of aryl methyl sites for hydroxylation is 2. The molecule has 0 bridgehead atoms. The molecular weight excluding hydrogens is 352 g/mol. The average molecular weight is 378 g/mol. The van der Waals surface area contributed by atoms with Gasteiger partial charge in [-0.25, -0.2) is 0 Å². The molecule has 0 radical (unpaired) electrons. The third kappa shape index (κ3) is 3.67. The summed E-state index contributed by atoms with van der Waals surface area (Å²) in [5.41, 5.74) is 3.49. The number of hydrogen-bond donors (Lipinski definition) is 0. The van der Waals surface area contributed by atoms with Crippen LogP contribution in [0.3, 0.4) is 0 Å². The minimum Gasteiger partial charge on any atom is -0.363 e. The van der Waals surface area contributed by atoms with Gasteiger partial charge < -0.3 is 14.5 Å². The summed E-state index contributed by atoms with van der Waals surface area (Å²) in [5, 5.41) is 0. The first-order chi connectivity index (χ1) is 13.5. The van der Waals surface area contributed by atoms with E-state index in [-0.39, 0.29) is 24.0 Å². The summed E-state index contributed by atoms with van der Waals surface area (Å²) in [4.78, 5) is 29.0. The van der Waals surface area contributed by atoms with Gasteiger partial charge in [-0.1, -0.05) is 35.4 Å². The molecule has 0 N–H and O–H groups in total. The van der Waals surface area contributed by atoms with Crippen LogP contribution < -0.4 is 4.90 Å². The highest BCUT2D eigenvalue weighted by Gasteiger charge is 2.43. The average Bonchev–Trinajstić information content (AvgIpc) is 2.70. The number of carbonyl (C=O) groups is 2. The first kappa shape index (κ1) is 18.7. The van der Waals surface area contributed by atoms with Crippen LogP contribution in [0, 0.1) is 13.8 Å². The Morgan fingerprint density at radius 3 is 2.29 bits per heavy atom. The van der Waals surface area contributed by atoms with Gasteiger partial charge in [0.25, 0.3) is 11.8 Å². The van der Waals surface area contributed by atoms with E-state index in [0.29, 0.717) is 19.6 Å². The lowest BCUT2D eigenvalue weighted by Crippen LogP contribution is -2.59. The van der Waals surface area contributed by atoms with Gasteiger partial charge >= 0.3 is 0 Å². The second kappa shape index (κ2) is 7.40. The lowest BCUT2D eigenvalue weighted by molar-refractivity contribution is -0.143. The van der Waals surface area contributed by atoms with Crippen molar-refractivity contribution in [3.05, 3.63) is 65.2 Å². The molecule has 2 aliphatic heterocycles. The van der Waals surface area contributed by atoms with Crippen molar-refractivity contribution in [3.63, 3.8) is 0 Å². The molecule has 4 rings (SSSR count). The van der Waals surface area contributed by atoms with Gasteiger partial charge in [0, 0.05) is 24.3 Å². The molecule has 2 heterocycles. The van der Waals surface area contributed by atoms with E-state index in [0.717, 1.165) is 35.2 Å². The molecule has 2 saturated heterocycles. The fourth-order valence-electron chi connectivity index (χ4n) is 4.26. The number of hydrogen-bond acceptors (Lipinski definition) is 3. The summed E-state index contributed by atoms with van der Waals surface area (Å²) in [6, 6.07) is 15.7. The van der Waals surface area contributed by atoms with Crippen molar-refractivity contribution >= 4 is 17.5 Å². The molecule has 0 unspecified atom stereocenters. The predicted molar refractivity (Wildman–Crippen MR) is 109 cm³/mol. The molecule has 0 aliphatic carbocycles. The van der Waals surface area contributed by atoms with Crippen LogP contribution in [-0.4, -0.2) is 48.6 Å². The van der Waals surface area contributed by atoms with Crippen molar-refractivity contribution in [2.75, 3.05) is 31.1 Å². The van der Waals surface area contributed by atoms with E-state index in [1.165, 1.54) is 0 Å². The Bertz CT molecular complexity index is 866. The lowest BCUT2D eigenvalue weighted by Gasteiger charge is -2.47. The lowest BCUT2D eigenvalue weighted by atomic mass is 9.88. The number of benzene rings is 2. The molecular formula is C23H26N2O3. The zero-order valence-electron chi connectivity index (χ0n) is 16.5. The smallest absolute Gasteiger partial charge is 0.253 e. The summed E-state index contributed by atoms with van der Waals surface area (Å²) >= 11 is 0. The summed E-state index contributed by atoms with van der Waals surface area (Å²) in [6.07, 6.45) is 1.47. The van der Waals surface area contributed by atoms with Gasteiger partial charge in [0.1, 0.15) is 6.61 Å². The summed E-state index contributed by atoms with van der Waals surface area (Å²) in [6.45, 7) is 5.95. The third-order valence-corrected chi connectivity index (χ3v) is 5.75. The van der Waals surface area contributed by atoms with Crippen molar-refractivity contribution in [1.82, 2.24) is 4.90 Å². The number of ether oxygens (including phenoxy) is 1. The molecule has 5 heteroatoms. The van der Waals surface area contributed by atoms with E-state index in [9.17, 15) is 9.59 Å². The van der Waals surface area contributed by atoms with Crippen LogP contribution in [0.25, 0.3) is 0 Å². The number of rotatable bonds is 2. The van der Waals surface area contributed by atoms with Crippen LogP contribution in [0.4, 0.5) is 5.69 Å². The Morgan fingerprint density at radius 1 is 1.00 bits per heavy atom. The molecule has 0 aromatic heterocycles. The topological polar surface area (TPSA) is 49.9 Å². The van der Waals surface area contributed by atoms with Crippen molar-refractivity contribution in [1.29, 1.82) is 0 Å². The van der Waals surface area contributed by atoms with Gasteiger partial charge in [0.05, 0.1) is 12.1 Å². The fourth-order valence-corrected chi connectivity index (χ4v) is 4.26. The maximum atomic E-state index is 12.9. The Hall–Kier alpha value is -2.66. The van der Waals surface area contributed by atoms with Crippen LogP contribution >= 0.6 is 0 Å². The molecule has 28 heavy (non-hydrogen) atoms. The zero-order chi connectivity index (χ0) is 19.7. The van der Waals surface area contributed by atoms with Crippen LogP contribution in [0.15, 0.2) is 48.5 Å². The quantitative estimate of drug-likeness (QED) is 0.805. The van der Waals surface area contributed by atoms with E-state index < -0.39 is 0 Å². The van der Waals surface area contributed by atoms with Gasteiger partial charge in [-0.15, -0.1) is 0 Å². The van der Waals surface area contributed by atoms with Crippen molar-refractivity contribution in [2.45, 2.75) is 32.3 Å². The number of likely N-dealkylation sites (tertiary alicyclic amines) is 1. The van der Waals surface area contributed by atoms with Gasteiger partial charge in [0.2, 0.25) is 0 Å². The minimum absolute atomic E-state index is 0.00873. The van der Waals surface area contributed by atoms with E-state index in [1.54, 1.807) is 0 Å². The van der Waals surface area contributed by atoms with Crippen LogP contribution in [-0.2, 0) is 9.53 Å². The summed E-state index contributed by atoms with van der Waals surface area (Å²) in [7, 11) is 0. The van der Waals surface area contributed by atoms with E-state index in [4.69, 9.17) is 4.74 Å². The monoisotopic (exact) mass is 378 g/mol. The molecule has 2 amide bonds. The van der Waals surface area contributed by atoms with Crippen molar-refractivity contribution < 1.29 is 14.3 Å². The Balaban J connectivity index is 1.45. The number of amides is 2. The third-order valence-electron chi connectivity index (χ3n) is 5.75. The molecule has 1 spiro atoms. The molecule has 2 fully saturated rings. The number of morpholine rings is 1. The summed E-state index contributed by atoms with van der Waals surface area (Å²) < 4.78 is 6.01. The highest BCUT2D eigenvalue weighted by molar-refractivity contribution is 5.96. The van der Waals surface area contributed by atoms with Gasteiger partial charge in [-0.3, -0.25) is 9.59 Å². The number of anilines is 1. The highest BCUT2D eigenvalue weighted by Crippen LogP contribution is 2.33. The maximum Gasteiger partial charge on any atom is 0.253 e. The Labute approximate surface area is 165 Å². The van der Waals surface area contributed by atoms with Crippen LogP contribution in [0.1, 0.15) is 34.3 Å². The molecule has 2 aliphatic rings. The first-order valence-corrected chi connectivity index (χ1v) is 9.83. The van der Waals surface area contributed by atoms with Gasteiger partial charge in [0.15, 0.2) is 0 Å². The molecule has 146 valence electrons. The number of piperidine rings is 1. The molecule has 2 aromatic rings. The van der Waals surface area contributed by atoms with E-state index in [2.05, 4.69) is 6.07 Å². The predicted octanol–water partition coefficient (Wildman–Crippen LogP) is 3.34. The number of para-hydroxylation sites is 1. The van der Waals surface area contributed by atoms with Crippen LogP contribution in [0.2, 0.25) is 0 Å². The molecule has 5 nitrogen and oxygen atoms in total. The number of carbonyl (C=O) groups excluding carboxylic acids is 2. The summed E-state index contributed by atoms with van der Waals surface area (Å²) in [5.74, 6) is 0.0685. The fraction of sp³-hybridized carbons (Fsp3) is 0.391. The zero-order valence-corrected chi connectivity index (χ0v) is 16.5. The Morgan fingerprint density at radius 2 is 1.64 bits per heavy atom. The molecule has 0 atom stereocenters. The minimum atomic E-state index is -0.372. The maximum absolute atomic E-state index is 12.9. The van der Waals surface area contributed by atoms with Crippen molar-refractivity contribution in [2.24, 2.45) is 0 Å². The normalized spacial score (nSPS) is 19.1. The first-order valence-electron chi connectivity index (χ1n) is 9.83. The second-order valence-corrected chi connectivity index (χ2v) is 7.96. The van der Waals surface area contributed by atoms with Gasteiger partial charge in [-0.2, -0.15) is 0 Å². The molecule has 0 saturated carbocycles. The Kier molecular flexibility index (Phi) is 4.94. The van der Waals surface area contributed by atoms with E-state index in [1.807, 2.05) is 66.1 Å². The largest absolute Gasteiger partial charge is 0.363 e. The molecule has 2 aromatic carbocycles. The van der Waals surface area contributed by atoms with E-state index >= 15 is 0 Å². The van der Waals surface area contributed by atoms with Crippen LogP contribution in [0.5, 0.6) is 0 Å². The number of nitrogens with zero attached hydrogens (tertiary/aromatic N) is 2. The SMILES string of the molecule is Cc1cc(C)cc(C(=O)N2CCC3(CC2)CN(c2ccccc2)C(=O)CO3)c1. The second-order valence-electron chi connectivity index (χ2n) is 7.96. The standard InChI is InChI=1S/C23H26N2O3/c1-17-12-18(2)14-19(13-17)22(27)24-10-8-23(9-11-24)16-25(21(26)15-28-23)20-6-4-3-5-7-20/h3-7,12-14H,8-11,15-16H2,1-2H3. The highest BCUT2D eigenvalue weighted by atomic mass is 16.5. The van der Waals surface area contributed by atoms with Crippen molar-refractivity contribution in [3.8, 4) is 0 Å².